The smallest absolute Gasteiger partial charge is 0.331 e. The van der Waals surface area contributed by atoms with E-state index in [0.717, 1.165) is 11.1 Å². The van der Waals surface area contributed by atoms with Crippen molar-refractivity contribution in [3.8, 4) is 11.5 Å². The number of hydrogen-bond acceptors (Lipinski definition) is 6. The zero-order chi connectivity index (χ0) is 20.8. The lowest BCUT2D eigenvalue weighted by molar-refractivity contribution is -0.143. The van der Waals surface area contributed by atoms with Crippen LogP contribution in [0.2, 0.25) is 0 Å². The lowest BCUT2D eigenvalue weighted by Gasteiger charge is -2.08. The van der Waals surface area contributed by atoms with Gasteiger partial charge in [-0.05, 0) is 60.9 Å². The molecule has 0 aromatic heterocycles. The minimum atomic E-state index is -0.740. The number of nitrogens with one attached hydrogen (secondary N) is 2. The summed E-state index contributed by atoms with van der Waals surface area (Å²) in [7, 11) is 0. The number of esters is 1. The molecule has 0 radical (unpaired) electrons. The van der Waals surface area contributed by atoms with E-state index < -0.39 is 24.5 Å². The van der Waals surface area contributed by atoms with Crippen LogP contribution >= 0.6 is 0 Å². The van der Waals surface area contributed by atoms with Gasteiger partial charge < -0.3 is 19.5 Å². The van der Waals surface area contributed by atoms with E-state index in [0.29, 0.717) is 22.7 Å². The Morgan fingerprint density at radius 1 is 1.03 bits per heavy atom. The molecule has 150 valence electrons. The van der Waals surface area contributed by atoms with Crippen molar-refractivity contribution in [1.29, 1.82) is 0 Å². The first kappa shape index (κ1) is 19.9. The Hall–Kier alpha value is -3.81. The quantitative estimate of drug-likeness (QED) is 0.595. The van der Waals surface area contributed by atoms with Crippen molar-refractivity contribution in [3.05, 3.63) is 59.2 Å². The van der Waals surface area contributed by atoms with Gasteiger partial charge in [-0.25, -0.2) is 9.59 Å². The van der Waals surface area contributed by atoms with Gasteiger partial charge in [-0.15, -0.1) is 0 Å². The number of hydrogen-bond donors (Lipinski definition) is 2. The third-order valence-electron chi connectivity index (χ3n) is 4.17. The Labute approximate surface area is 167 Å². The lowest BCUT2D eigenvalue weighted by Crippen LogP contribution is -2.37. The third-order valence-corrected chi connectivity index (χ3v) is 4.17. The third kappa shape index (κ3) is 5.58. The van der Waals surface area contributed by atoms with E-state index >= 15 is 0 Å². The number of rotatable bonds is 5. The molecule has 1 heterocycles. The van der Waals surface area contributed by atoms with Crippen LogP contribution in [-0.2, 0) is 14.3 Å². The van der Waals surface area contributed by atoms with Crippen LogP contribution in [0.15, 0.2) is 42.5 Å². The molecule has 3 amide bonds. The monoisotopic (exact) mass is 396 g/mol. The summed E-state index contributed by atoms with van der Waals surface area (Å²) >= 11 is 0. The van der Waals surface area contributed by atoms with Gasteiger partial charge in [0.1, 0.15) is 0 Å². The number of carbonyl (C=O) groups excluding carboxylic acids is 3. The first-order valence-corrected chi connectivity index (χ1v) is 8.83. The van der Waals surface area contributed by atoms with Crippen molar-refractivity contribution in [1.82, 2.24) is 5.32 Å². The number of ether oxygens (including phenoxy) is 3. The van der Waals surface area contributed by atoms with E-state index in [4.69, 9.17) is 14.2 Å². The molecule has 29 heavy (non-hydrogen) atoms. The molecular formula is C21H20N2O6. The summed E-state index contributed by atoms with van der Waals surface area (Å²) in [5, 5.41) is 4.65. The highest BCUT2D eigenvalue weighted by Gasteiger charge is 2.13. The van der Waals surface area contributed by atoms with Crippen LogP contribution < -0.4 is 20.1 Å². The fraction of sp³-hybridized carbons (Fsp3) is 0.190. The average molecular weight is 396 g/mol. The number of amides is 3. The van der Waals surface area contributed by atoms with Gasteiger partial charge in [0.15, 0.2) is 18.1 Å². The molecule has 3 rings (SSSR count). The molecule has 8 nitrogen and oxygen atoms in total. The van der Waals surface area contributed by atoms with Gasteiger partial charge >= 0.3 is 12.0 Å². The molecular weight excluding hydrogens is 376 g/mol. The SMILES string of the molecule is Cc1ccc(NC(=O)NC(=O)COC(=O)/C=C/c2ccc3c(c2)OCO3)cc1C. The van der Waals surface area contributed by atoms with E-state index in [2.05, 4.69) is 10.6 Å². The molecule has 2 aromatic rings. The van der Waals surface area contributed by atoms with E-state index in [-0.39, 0.29) is 6.79 Å². The fourth-order valence-corrected chi connectivity index (χ4v) is 2.51. The first-order valence-electron chi connectivity index (χ1n) is 8.83. The van der Waals surface area contributed by atoms with Crippen molar-refractivity contribution in [2.75, 3.05) is 18.7 Å². The number of imide groups is 1. The van der Waals surface area contributed by atoms with E-state index in [1.54, 1.807) is 30.3 Å². The standard InChI is InChI=1S/C21H20N2O6/c1-13-3-6-16(9-14(13)2)22-21(26)23-19(24)11-27-20(25)8-5-15-4-7-17-18(10-15)29-12-28-17/h3-10H,11-12H2,1-2H3,(H2,22,23,24,26)/b8-5+. The number of benzene rings is 2. The molecule has 0 spiro atoms. The van der Waals surface area contributed by atoms with Crippen molar-refractivity contribution in [3.63, 3.8) is 0 Å². The molecule has 0 saturated carbocycles. The van der Waals surface area contributed by atoms with Crippen molar-refractivity contribution in [2.45, 2.75) is 13.8 Å². The number of anilines is 1. The first-order chi connectivity index (χ1) is 13.9. The van der Waals surface area contributed by atoms with Crippen LogP contribution in [0.5, 0.6) is 11.5 Å². The molecule has 0 fully saturated rings. The molecule has 8 heteroatoms. The van der Waals surface area contributed by atoms with Gasteiger partial charge in [0.25, 0.3) is 5.91 Å². The summed E-state index contributed by atoms with van der Waals surface area (Å²) in [5.74, 6) is -0.223. The van der Waals surface area contributed by atoms with Gasteiger partial charge in [0, 0.05) is 11.8 Å². The molecule has 0 aliphatic carbocycles. The van der Waals surface area contributed by atoms with Crippen LogP contribution in [0.4, 0.5) is 10.5 Å². The largest absolute Gasteiger partial charge is 0.454 e. The van der Waals surface area contributed by atoms with Crippen LogP contribution in [0.25, 0.3) is 6.08 Å². The maximum atomic E-state index is 11.8. The molecule has 2 N–H and O–H groups in total. The molecule has 0 unspecified atom stereocenters. The highest BCUT2D eigenvalue weighted by atomic mass is 16.7. The Balaban J connectivity index is 1.43. The summed E-state index contributed by atoms with van der Waals surface area (Å²) in [6.07, 6.45) is 2.70. The van der Waals surface area contributed by atoms with Gasteiger partial charge in [-0.3, -0.25) is 10.1 Å². The van der Waals surface area contributed by atoms with Gasteiger partial charge in [-0.1, -0.05) is 12.1 Å². The van der Waals surface area contributed by atoms with Gasteiger partial charge in [0.2, 0.25) is 6.79 Å². The topological polar surface area (TPSA) is 103 Å². The molecule has 2 aromatic carbocycles. The zero-order valence-corrected chi connectivity index (χ0v) is 16.0. The van der Waals surface area contributed by atoms with Crippen LogP contribution in [0, 0.1) is 13.8 Å². The van der Waals surface area contributed by atoms with Gasteiger partial charge in [0.05, 0.1) is 0 Å². The highest BCUT2D eigenvalue weighted by Crippen LogP contribution is 2.32. The second kappa shape index (κ2) is 8.92. The second-order valence-electron chi connectivity index (χ2n) is 6.36. The highest BCUT2D eigenvalue weighted by molar-refractivity contribution is 6.02. The molecule has 1 aliphatic rings. The van der Waals surface area contributed by atoms with E-state index in [1.807, 2.05) is 19.9 Å². The summed E-state index contributed by atoms with van der Waals surface area (Å²) in [4.78, 5) is 35.4. The predicted octanol–water partition coefficient (Wildman–Crippen LogP) is 2.94. The Morgan fingerprint density at radius 3 is 2.62 bits per heavy atom. The number of fused-ring (bicyclic) bond motifs is 1. The fourth-order valence-electron chi connectivity index (χ4n) is 2.51. The lowest BCUT2D eigenvalue weighted by atomic mass is 10.1. The molecule has 0 atom stereocenters. The van der Waals surface area contributed by atoms with Crippen LogP contribution in [0.3, 0.4) is 0 Å². The van der Waals surface area contributed by atoms with Crippen LogP contribution in [0.1, 0.15) is 16.7 Å². The second-order valence-corrected chi connectivity index (χ2v) is 6.36. The van der Waals surface area contributed by atoms with E-state index in [1.165, 1.54) is 12.2 Å². The van der Waals surface area contributed by atoms with Gasteiger partial charge in [-0.2, -0.15) is 0 Å². The summed E-state index contributed by atoms with van der Waals surface area (Å²) in [6, 6.07) is 9.88. The average Bonchev–Trinajstić information content (AvgIpc) is 3.15. The molecule has 0 bridgehead atoms. The molecule has 0 saturated heterocycles. The number of urea groups is 1. The summed E-state index contributed by atoms with van der Waals surface area (Å²) in [6.45, 7) is 3.46. The van der Waals surface area contributed by atoms with Crippen molar-refractivity contribution in [2.24, 2.45) is 0 Å². The summed E-state index contributed by atoms with van der Waals surface area (Å²) in [5.41, 5.74) is 3.37. The Morgan fingerprint density at radius 2 is 1.83 bits per heavy atom. The predicted molar refractivity (Wildman–Crippen MR) is 106 cm³/mol. The van der Waals surface area contributed by atoms with Crippen molar-refractivity contribution < 1.29 is 28.6 Å². The van der Waals surface area contributed by atoms with Crippen LogP contribution in [-0.4, -0.2) is 31.3 Å². The Bertz CT molecular complexity index is 983. The Kier molecular flexibility index (Phi) is 6.13. The summed E-state index contributed by atoms with van der Waals surface area (Å²) < 4.78 is 15.3. The minimum Gasteiger partial charge on any atom is -0.454 e. The normalized spacial score (nSPS) is 11.9. The number of carbonyl (C=O) groups is 3. The maximum Gasteiger partial charge on any atom is 0.331 e. The van der Waals surface area contributed by atoms with Crippen molar-refractivity contribution >= 4 is 29.7 Å². The maximum absolute atomic E-state index is 11.8. The van der Waals surface area contributed by atoms with E-state index in [9.17, 15) is 14.4 Å². The zero-order valence-electron chi connectivity index (χ0n) is 16.0. The number of aryl methyl sites for hydroxylation is 2. The minimum absolute atomic E-state index is 0.163. The molecule has 1 aliphatic heterocycles.